The molecule has 2 nitrogen and oxygen atoms in total. The quantitative estimate of drug-likeness (QED) is 0.664. The summed E-state index contributed by atoms with van der Waals surface area (Å²) in [6, 6.07) is 1.76. The maximum absolute atomic E-state index is 12.6. The van der Waals surface area contributed by atoms with Gasteiger partial charge in [0, 0.05) is 4.90 Å². The maximum Gasteiger partial charge on any atom is 0.338 e. The highest BCUT2D eigenvalue weighted by Gasteiger charge is 2.14. The van der Waals surface area contributed by atoms with E-state index in [0.29, 0.717) is 0 Å². The minimum atomic E-state index is -1.51. The van der Waals surface area contributed by atoms with Gasteiger partial charge < -0.3 is 5.11 Å². The average molecular weight is 190 g/mol. The van der Waals surface area contributed by atoms with Crippen LogP contribution in [0.1, 0.15) is 10.4 Å². The molecule has 0 aliphatic rings. The van der Waals surface area contributed by atoms with Gasteiger partial charge in [-0.1, -0.05) is 0 Å². The molecule has 0 aliphatic carbocycles. The molecule has 1 aromatic carbocycles. The minimum absolute atomic E-state index is 0.0753. The Kier molecular flexibility index (Phi) is 2.32. The molecule has 1 N–H and O–H groups in total. The molecule has 64 valence electrons. The summed E-state index contributed by atoms with van der Waals surface area (Å²) >= 11 is 3.70. The van der Waals surface area contributed by atoms with Gasteiger partial charge in [-0.2, -0.15) is 0 Å². The summed E-state index contributed by atoms with van der Waals surface area (Å²) in [7, 11) is 0. The largest absolute Gasteiger partial charge is 0.478 e. The van der Waals surface area contributed by atoms with Crippen molar-refractivity contribution in [1.29, 1.82) is 0 Å². The van der Waals surface area contributed by atoms with Crippen LogP contribution in [0, 0.1) is 11.6 Å². The number of hydrogen-bond donors (Lipinski definition) is 2. The van der Waals surface area contributed by atoms with E-state index < -0.39 is 23.2 Å². The number of carbonyl (C=O) groups is 1. The summed E-state index contributed by atoms with van der Waals surface area (Å²) in [6.07, 6.45) is 0. The monoisotopic (exact) mass is 190 g/mol. The molecule has 0 atom stereocenters. The van der Waals surface area contributed by atoms with Gasteiger partial charge in [-0.05, 0) is 12.1 Å². The van der Waals surface area contributed by atoms with Crippen molar-refractivity contribution in [1.82, 2.24) is 0 Å². The number of benzene rings is 1. The molecule has 0 saturated heterocycles. The summed E-state index contributed by atoms with van der Waals surface area (Å²) in [4.78, 5) is 10.4. The van der Waals surface area contributed by atoms with Crippen molar-refractivity contribution in [3.05, 3.63) is 29.3 Å². The lowest BCUT2D eigenvalue weighted by Crippen LogP contribution is -2.02. The summed E-state index contributed by atoms with van der Waals surface area (Å²) in [6.45, 7) is 0. The Morgan fingerprint density at radius 1 is 1.42 bits per heavy atom. The van der Waals surface area contributed by atoms with Gasteiger partial charge in [0.25, 0.3) is 0 Å². The lowest BCUT2D eigenvalue weighted by molar-refractivity contribution is 0.0690. The van der Waals surface area contributed by atoms with Crippen LogP contribution in [0.2, 0.25) is 0 Å². The average Bonchev–Trinajstić information content (AvgIpc) is 1.96. The summed E-state index contributed by atoms with van der Waals surface area (Å²) in [5.41, 5.74) is -0.708. The van der Waals surface area contributed by atoms with E-state index in [1.165, 1.54) is 0 Å². The highest BCUT2D eigenvalue weighted by Crippen LogP contribution is 2.17. The molecule has 0 heterocycles. The lowest BCUT2D eigenvalue weighted by Gasteiger charge is -1.99. The number of aromatic carboxylic acids is 1. The van der Waals surface area contributed by atoms with E-state index in [9.17, 15) is 13.6 Å². The zero-order valence-electron chi connectivity index (χ0n) is 5.71. The van der Waals surface area contributed by atoms with Crippen molar-refractivity contribution in [2.24, 2.45) is 0 Å². The summed E-state index contributed by atoms with van der Waals surface area (Å²) in [5.74, 6) is -4.08. The van der Waals surface area contributed by atoms with Crippen LogP contribution in [-0.2, 0) is 0 Å². The Bertz CT molecular complexity index is 338. The molecule has 5 heteroatoms. The van der Waals surface area contributed by atoms with Crippen LogP contribution in [0.15, 0.2) is 17.0 Å². The summed E-state index contributed by atoms with van der Waals surface area (Å²) in [5, 5.41) is 8.37. The normalized spacial score (nSPS) is 9.92. The highest BCUT2D eigenvalue weighted by molar-refractivity contribution is 7.80. The molecule has 1 rings (SSSR count). The van der Waals surface area contributed by atoms with Crippen LogP contribution in [0.25, 0.3) is 0 Å². The zero-order chi connectivity index (χ0) is 9.30. The van der Waals surface area contributed by atoms with Gasteiger partial charge in [0.2, 0.25) is 0 Å². The predicted octanol–water partition coefficient (Wildman–Crippen LogP) is 1.95. The number of carboxylic acid groups (broad SMARTS) is 1. The van der Waals surface area contributed by atoms with Crippen LogP contribution in [0.5, 0.6) is 0 Å². The fourth-order valence-electron chi connectivity index (χ4n) is 0.730. The first-order chi connectivity index (χ1) is 5.52. The molecule has 0 amide bonds. The fourth-order valence-corrected chi connectivity index (χ4v) is 0.973. The van der Waals surface area contributed by atoms with Crippen molar-refractivity contribution < 1.29 is 18.7 Å². The summed E-state index contributed by atoms with van der Waals surface area (Å²) < 4.78 is 25.2. The SMILES string of the molecule is O=C(O)c1cc(S)cc(F)c1F. The van der Waals surface area contributed by atoms with Crippen molar-refractivity contribution >= 4 is 18.6 Å². The molecule has 0 unspecified atom stereocenters. The number of hydrogen-bond acceptors (Lipinski definition) is 2. The molecule has 0 spiro atoms. The first-order valence-corrected chi connectivity index (χ1v) is 3.38. The Balaban J connectivity index is 3.37. The van der Waals surface area contributed by atoms with Crippen molar-refractivity contribution in [2.75, 3.05) is 0 Å². The van der Waals surface area contributed by atoms with Crippen LogP contribution >= 0.6 is 12.6 Å². The molecule has 0 radical (unpaired) electrons. The van der Waals surface area contributed by atoms with Crippen LogP contribution < -0.4 is 0 Å². The van der Waals surface area contributed by atoms with E-state index in [2.05, 4.69) is 12.6 Å². The number of rotatable bonds is 1. The third kappa shape index (κ3) is 1.55. The third-order valence-electron chi connectivity index (χ3n) is 1.24. The molecular formula is C7H4F2O2S. The molecule has 12 heavy (non-hydrogen) atoms. The Labute approximate surface area is 72.2 Å². The van der Waals surface area contributed by atoms with Gasteiger partial charge in [0.1, 0.15) is 0 Å². The second kappa shape index (κ2) is 3.10. The van der Waals surface area contributed by atoms with Crippen molar-refractivity contribution in [3.8, 4) is 0 Å². The highest BCUT2D eigenvalue weighted by atomic mass is 32.1. The molecule has 0 saturated carbocycles. The Hall–Kier alpha value is -1.10. The minimum Gasteiger partial charge on any atom is -0.478 e. The van der Waals surface area contributed by atoms with Gasteiger partial charge in [0.15, 0.2) is 11.6 Å². The van der Waals surface area contributed by atoms with Crippen LogP contribution in [0.4, 0.5) is 8.78 Å². The third-order valence-corrected chi connectivity index (χ3v) is 1.50. The van der Waals surface area contributed by atoms with E-state index in [0.717, 1.165) is 12.1 Å². The van der Waals surface area contributed by atoms with E-state index in [-0.39, 0.29) is 4.90 Å². The molecule has 0 aromatic heterocycles. The predicted molar refractivity (Wildman–Crippen MR) is 40.6 cm³/mol. The standard InChI is InChI=1S/C7H4F2O2S/c8-5-2-3(12)1-4(6(5)9)7(10)11/h1-2,12H,(H,10,11). The second-order valence-corrected chi connectivity index (χ2v) is 2.61. The second-order valence-electron chi connectivity index (χ2n) is 2.09. The topological polar surface area (TPSA) is 37.3 Å². The van der Waals surface area contributed by atoms with Gasteiger partial charge in [-0.15, -0.1) is 12.6 Å². The van der Waals surface area contributed by atoms with E-state index >= 15 is 0 Å². The van der Waals surface area contributed by atoms with Crippen LogP contribution in [0.3, 0.4) is 0 Å². The maximum atomic E-state index is 12.6. The molecule has 1 aromatic rings. The van der Waals surface area contributed by atoms with E-state index in [1.54, 1.807) is 0 Å². The lowest BCUT2D eigenvalue weighted by atomic mass is 10.2. The first kappa shape index (κ1) is 8.99. The van der Waals surface area contributed by atoms with E-state index in [4.69, 9.17) is 5.11 Å². The number of thiol groups is 1. The molecule has 0 aliphatic heterocycles. The fraction of sp³-hybridized carbons (Fsp3) is 0. The number of carboxylic acids is 1. The molecule has 0 fully saturated rings. The first-order valence-electron chi connectivity index (χ1n) is 2.93. The molecular weight excluding hydrogens is 186 g/mol. The number of halogens is 2. The van der Waals surface area contributed by atoms with Gasteiger partial charge in [0.05, 0.1) is 5.56 Å². The van der Waals surface area contributed by atoms with Crippen LogP contribution in [-0.4, -0.2) is 11.1 Å². The van der Waals surface area contributed by atoms with Gasteiger partial charge in [-0.3, -0.25) is 0 Å². The van der Waals surface area contributed by atoms with Gasteiger partial charge in [-0.25, -0.2) is 13.6 Å². The van der Waals surface area contributed by atoms with Crippen molar-refractivity contribution in [3.63, 3.8) is 0 Å². The van der Waals surface area contributed by atoms with Crippen molar-refractivity contribution in [2.45, 2.75) is 4.90 Å². The van der Waals surface area contributed by atoms with Gasteiger partial charge >= 0.3 is 5.97 Å². The smallest absolute Gasteiger partial charge is 0.338 e. The Morgan fingerprint density at radius 3 is 2.50 bits per heavy atom. The Morgan fingerprint density at radius 2 is 2.00 bits per heavy atom. The molecule has 0 bridgehead atoms. The van der Waals surface area contributed by atoms with E-state index in [1.807, 2.05) is 0 Å². The zero-order valence-corrected chi connectivity index (χ0v) is 6.61.